The van der Waals surface area contributed by atoms with Gasteiger partial charge in [0.1, 0.15) is 5.75 Å². The number of benzene rings is 1. The lowest BCUT2D eigenvalue weighted by molar-refractivity contribution is 0.0946. The van der Waals surface area contributed by atoms with Crippen molar-refractivity contribution in [1.29, 1.82) is 0 Å². The number of urea groups is 1. The van der Waals surface area contributed by atoms with E-state index in [4.69, 9.17) is 11.6 Å². The maximum Gasteiger partial charge on any atom is 0.319 e. The Bertz CT molecular complexity index is 752. The largest absolute Gasteiger partial charge is 0.505 e. The normalized spacial score (nSPS) is 10.1. The van der Waals surface area contributed by atoms with E-state index in [0.717, 1.165) is 5.56 Å². The molecule has 3 amide bonds. The number of nitrogens with one attached hydrogen (secondary N) is 3. The zero-order valence-electron chi connectivity index (χ0n) is 13.0. The van der Waals surface area contributed by atoms with Crippen molar-refractivity contribution in [3.05, 3.63) is 52.8 Å². The Morgan fingerprint density at radius 2 is 1.96 bits per heavy atom. The fourth-order valence-corrected chi connectivity index (χ4v) is 2.03. The highest BCUT2D eigenvalue weighted by Crippen LogP contribution is 2.19. The van der Waals surface area contributed by atoms with Gasteiger partial charge in [0.25, 0.3) is 5.91 Å². The third-order valence-electron chi connectivity index (χ3n) is 3.13. The van der Waals surface area contributed by atoms with Crippen LogP contribution in [0, 0.1) is 6.92 Å². The molecule has 126 valence electrons. The van der Waals surface area contributed by atoms with Crippen molar-refractivity contribution >= 4 is 29.2 Å². The maximum atomic E-state index is 11.8. The van der Waals surface area contributed by atoms with Gasteiger partial charge >= 0.3 is 6.03 Å². The molecule has 1 aromatic heterocycles. The number of carbonyl (C=O) groups is 2. The summed E-state index contributed by atoms with van der Waals surface area (Å²) in [4.78, 5) is 27.3. The fraction of sp³-hybridized carbons (Fsp3) is 0.188. The molecule has 8 heteroatoms. The van der Waals surface area contributed by atoms with Gasteiger partial charge in [-0.25, -0.2) is 9.78 Å². The molecule has 2 aromatic rings. The first-order valence-electron chi connectivity index (χ1n) is 7.20. The highest BCUT2D eigenvalue weighted by atomic mass is 35.5. The van der Waals surface area contributed by atoms with E-state index in [0.29, 0.717) is 10.7 Å². The van der Waals surface area contributed by atoms with Gasteiger partial charge in [-0.05, 0) is 36.8 Å². The van der Waals surface area contributed by atoms with E-state index >= 15 is 0 Å². The topological polar surface area (TPSA) is 103 Å². The molecule has 0 aliphatic carbocycles. The van der Waals surface area contributed by atoms with Gasteiger partial charge in [-0.2, -0.15) is 0 Å². The highest BCUT2D eigenvalue weighted by molar-refractivity contribution is 6.31. The zero-order chi connectivity index (χ0) is 17.5. The van der Waals surface area contributed by atoms with Gasteiger partial charge in [-0.15, -0.1) is 0 Å². The average Bonchev–Trinajstić information content (AvgIpc) is 2.55. The molecule has 0 saturated heterocycles. The Labute approximate surface area is 144 Å². The van der Waals surface area contributed by atoms with E-state index in [1.54, 1.807) is 18.2 Å². The second kappa shape index (κ2) is 8.16. The molecule has 0 bridgehead atoms. The summed E-state index contributed by atoms with van der Waals surface area (Å²) < 4.78 is 0. The van der Waals surface area contributed by atoms with Crippen molar-refractivity contribution in [2.24, 2.45) is 0 Å². The number of anilines is 1. The minimum atomic E-state index is -0.513. The van der Waals surface area contributed by atoms with Crippen LogP contribution in [0.5, 0.6) is 5.75 Å². The van der Waals surface area contributed by atoms with Gasteiger partial charge in [0.05, 0.1) is 0 Å². The van der Waals surface area contributed by atoms with Gasteiger partial charge in [0.2, 0.25) is 0 Å². The molecule has 0 aliphatic heterocycles. The second-order valence-electron chi connectivity index (χ2n) is 4.97. The molecule has 0 aliphatic rings. The van der Waals surface area contributed by atoms with Crippen LogP contribution in [0.1, 0.15) is 16.1 Å². The number of pyridine rings is 1. The summed E-state index contributed by atoms with van der Waals surface area (Å²) in [6.45, 7) is 2.27. The number of hydrogen-bond acceptors (Lipinski definition) is 4. The number of hydrogen-bond donors (Lipinski definition) is 4. The van der Waals surface area contributed by atoms with Gasteiger partial charge in [-0.3, -0.25) is 4.79 Å². The number of aromatic hydroxyl groups is 1. The third kappa shape index (κ3) is 4.85. The van der Waals surface area contributed by atoms with E-state index in [2.05, 4.69) is 20.9 Å². The van der Waals surface area contributed by atoms with E-state index in [1.165, 1.54) is 18.3 Å². The predicted octanol–water partition coefficient (Wildman–Crippen LogP) is 2.30. The first-order valence-corrected chi connectivity index (χ1v) is 7.58. The number of rotatable bonds is 5. The summed E-state index contributed by atoms with van der Waals surface area (Å²) in [5.74, 6) is -0.711. The van der Waals surface area contributed by atoms with Crippen molar-refractivity contribution < 1.29 is 14.7 Å². The van der Waals surface area contributed by atoms with E-state index in [-0.39, 0.29) is 24.5 Å². The Kier molecular flexibility index (Phi) is 5.97. The lowest BCUT2D eigenvalue weighted by Gasteiger charge is -2.09. The molecule has 2 rings (SSSR count). The monoisotopic (exact) mass is 348 g/mol. The quantitative estimate of drug-likeness (QED) is 0.622. The number of carbonyl (C=O) groups excluding carboxylic acids is 2. The number of halogens is 1. The van der Waals surface area contributed by atoms with Crippen LogP contribution in [-0.2, 0) is 0 Å². The summed E-state index contributed by atoms with van der Waals surface area (Å²) in [5.41, 5.74) is 1.44. The van der Waals surface area contributed by atoms with Gasteiger partial charge in [0.15, 0.2) is 5.69 Å². The van der Waals surface area contributed by atoms with Crippen LogP contribution in [0.3, 0.4) is 0 Å². The first-order chi connectivity index (χ1) is 11.5. The number of nitrogens with zero attached hydrogens (tertiary/aromatic N) is 1. The molecule has 0 radical (unpaired) electrons. The van der Waals surface area contributed by atoms with Crippen molar-refractivity contribution in [1.82, 2.24) is 15.6 Å². The number of amides is 3. The molecule has 4 N–H and O–H groups in total. The number of aryl methyl sites for hydroxylation is 1. The van der Waals surface area contributed by atoms with Gasteiger partial charge < -0.3 is 21.1 Å². The molecule has 0 fully saturated rings. The molecular weight excluding hydrogens is 332 g/mol. The predicted molar refractivity (Wildman–Crippen MR) is 91.4 cm³/mol. The standard InChI is InChI=1S/C16H17ClN4O3/c1-10-4-5-11(9-12(10)17)21-16(24)20-8-7-19-15(23)14-13(22)3-2-6-18-14/h2-6,9,22H,7-8H2,1H3,(H,19,23)(H2,20,21,24). The Morgan fingerprint density at radius 1 is 1.21 bits per heavy atom. The van der Waals surface area contributed by atoms with Crippen molar-refractivity contribution in [3.8, 4) is 5.75 Å². The maximum absolute atomic E-state index is 11.8. The van der Waals surface area contributed by atoms with E-state index in [9.17, 15) is 14.7 Å². The SMILES string of the molecule is Cc1ccc(NC(=O)NCCNC(=O)c2ncccc2O)cc1Cl. The Balaban J connectivity index is 1.74. The van der Waals surface area contributed by atoms with Crippen LogP contribution in [0.15, 0.2) is 36.5 Å². The van der Waals surface area contributed by atoms with E-state index < -0.39 is 11.9 Å². The second-order valence-corrected chi connectivity index (χ2v) is 5.38. The summed E-state index contributed by atoms with van der Waals surface area (Å²) in [5, 5.41) is 17.9. The van der Waals surface area contributed by atoms with Crippen LogP contribution in [0.4, 0.5) is 10.5 Å². The van der Waals surface area contributed by atoms with Crippen molar-refractivity contribution in [2.45, 2.75) is 6.92 Å². The van der Waals surface area contributed by atoms with E-state index in [1.807, 2.05) is 6.92 Å². The lowest BCUT2D eigenvalue weighted by atomic mass is 10.2. The van der Waals surface area contributed by atoms with Crippen LogP contribution in [-0.4, -0.2) is 35.1 Å². The minimum Gasteiger partial charge on any atom is -0.505 e. The average molecular weight is 349 g/mol. The van der Waals surface area contributed by atoms with Gasteiger partial charge in [0, 0.05) is 30.0 Å². The van der Waals surface area contributed by atoms with Crippen molar-refractivity contribution in [2.75, 3.05) is 18.4 Å². The summed E-state index contributed by atoms with van der Waals surface area (Å²) >= 11 is 5.98. The lowest BCUT2D eigenvalue weighted by Crippen LogP contribution is -2.37. The van der Waals surface area contributed by atoms with Crippen molar-refractivity contribution in [3.63, 3.8) is 0 Å². The Morgan fingerprint density at radius 3 is 2.67 bits per heavy atom. The number of aromatic nitrogens is 1. The van der Waals surface area contributed by atoms with Gasteiger partial charge in [-0.1, -0.05) is 17.7 Å². The highest BCUT2D eigenvalue weighted by Gasteiger charge is 2.11. The van der Waals surface area contributed by atoms with Crippen LogP contribution in [0.25, 0.3) is 0 Å². The zero-order valence-corrected chi connectivity index (χ0v) is 13.7. The van der Waals surface area contributed by atoms with Crippen LogP contribution in [0.2, 0.25) is 5.02 Å². The Hall–Kier alpha value is -2.80. The summed E-state index contributed by atoms with van der Waals surface area (Å²) in [7, 11) is 0. The molecule has 1 heterocycles. The molecule has 7 nitrogen and oxygen atoms in total. The molecule has 0 unspecified atom stereocenters. The molecule has 0 spiro atoms. The fourth-order valence-electron chi connectivity index (χ4n) is 1.85. The first kappa shape index (κ1) is 17.6. The molecular formula is C16H17ClN4O3. The minimum absolute atomic E-state index is 0.0590. The summed E-state index contributed by atoms with van der Waals surface area (Å²) in [6.07, 6.45) is 1.41. The van der Waals surface area contributed by atoms with Crippen LogP contribution >= 0.6 is 11.6 Å². The van der Waals surface area contributed by atoms with Crippen LogP contribution < -0.4 is 16.0 Å². The smallest absolute Gasteiger partial charge is 0.319 e. The molecule has 0 saturated carbocycles. The third-order valence-corrected chi connectivity index (χ3v) is 3.53. The molecule has 0 atom stereocenters. The molecule has 1 aromatic carbocycles. The molecule has 24 heavy (non-hydrogen) atoms. The summed E-state index contributed by atoms with van der Waals surface area (Å²) in [6, 6.07) is 7.69.